The SMILES string of the molecule is Cc1cc(C)c2oc(C(C)O)cc2c1P. The van der Waals surface area contributed by atoms with Crippen LogP contribution in [0.1, 0.15) is 29.9 Å². The van der Waals surface area contributed by atoms with Crippen molar-refractivity contribution < 1.29 is 9.52 Å². The van der Waals surface area contributed by atoms with Crippen molar-refractivity contribution in [3.05, 3.63) is 29.0 Å². The van der Waals surface area contributed by atoms with Crippen LogP contribution in [0.5, 0.6) is 0 Å². The molecule has 0 fully saturated rings. The van der Waals surface area contributed by atoms with E-state index in [9.17, 15) is 5.11 Å². The number of aryl methyl sites for hydroxylation is 2. The highest BCUT2D eigenvalue weighted by Gasteiger charge is 2.13. The van der Waals surface area contributed by atoms with E-state index >= 15 is 0 Å². The highest BCUT2D eigenvalue weighted by atomic mass is 31.0. The molecule has 1 aromatic heterocycles. The predicted molar refractivity (Wildman–Crippen MR) is 65.7 cm³/mol. The molecule has 1 N–H and O–H groups in total. The van der Waals surface area contributed by atoms with Crippen LogP contribution in [0.4, 0.5) is 0 Å². The van der Waals surface area contributed by atoms with Crippen molar-refractivity contribution in [3.63, 3.8) is 0 Å². The van der Waals surface area contributed by atoms with Gasteiger partial charge in [-0.1, -0.05) is 6.07 Å². The predicted octanol–water partition coefficient (Wildman–Crippen LogP) is 2.60. The molecule has 2 atom stereocenters. The number of furan rings is 1. The summed E-state index contributed by atoms with van der Waals surface area (Å²) < 4.78 is 5.63. The molecule has 0 aliphatic rings. The number of benzene rings is 1. The average Bonchev–Trinajstić information content (AvgIpc) is 2.59. The van der Waals surface area contributed by atoms with Crippen LogP contribution < -0.4 is 5.30 Å². The van der Waals surface area contributed by atoms with E-state index in [2.05, 4.69) is 22.2 Å². The Balaban J connectivity index is 2.80. The van der Waals surface area contributed by atoms with Crippen molar-refractivity contribution in [1.82, 2.24) is 0 Å². The highest BCUT2D eigenvalue weighted by molar-refractivity contribution is 7.28. The zero-order valence-corrected chi connectivity index (χ0v) is 10.3. The molecule has 0 spiro atoms. The van der Waals surface area contributed by atoms with Crippen LogP contribution in [0.15, 0.2) is 16.5 Å². The summed E-state index contributed by atoms with van der Waals surface area (Å²) in [6.07, 6.45) is -0.554. The minimum Gasteiger partial charge on any atom is -0.458 e. The number of aliphatic hydroxyl groups excluding tert-OH is 1. The van der Waals surface area contributed by atoms with E-state index in [1.807, 2.05) is 13.0 Å². The third-order valence-corrected chi connectivity index (χ3v) is 3.44. The lowest BCUT2D eigenvalue weighted by Crippen LogP contribution is -1.98. The summed E-state index contributed by atoms with van der Waals surface area (Å²) in [5, 5.41) is 11.7. The Labute approximate surface area is 91.5 Å². The monoisotopic (exact) mass is 222 g/mol. The van der Waals surface area contributed by atoms with Crippen molar-refractivity contribution in [3.8, 4) is 0 Å². The Morgan fingerprint density at radius 3 is 2.53 bits per heavy atom. The summed E-state index contributed by atoms with van der Waals surface area (Å²) in [4.78, 5) is 0. The molecule has 0 aliphatic heterocycles. The molecule has 2 rings (SSSR count). The van der Waals surface area contributed by atoms with Gasteiger partial charge < -0.3 is 9.52 Å². The molecular formula is C12H15O2P. The van der Waals surface area contributed by atoms with Gasteiger partial charge in [0.05, 0.1) is 0 Å². The third kappa shape index (κ3) is 1.68. The lowest BCUT2D eigenvalue weighted by Gasteiger charge is -2.02. The fourth-order valence-electron chi connectivity index (χ4n) is 1.79. The molecule has 0 amide bonds. The van der Waals surface area contributed by atoms with Crippen LogP contribution in [0.3, 0.4) is 0 Å². The van der Waals surface area contributed by atoms with Crippen molar-refractivity contribution in [2.45, 2.75) is 26.9 Å². The highest BCUT2D eigenvalue weighted by Crippen LogP contribution is 2.27. The van der Waals surface area contributed by atoms with E-state index in [4.69, 9.17) is 4.42 Å². The molecule has 0 saturated carbocycles. The molecule has 0 radical (unpaired) electrons. The van der Waals surface area contributed by atoms with E-state index in [-0.39, 0.29) is 0 Å². The van der Waals surface area contributed by atoms with Crippen molar-refractivity contribution in [1.29, 1.82) is 0 Å². The topological polar surface area (TPSA) is 33.4 Å². The summed E-state index contributed by atoms with van der Waals surface area (Å²) >= 11 is 0. The maximum absolute atomic E-state index is 9.48. The van der Waals surface area contributed by atoms with Crippen LogP contribution in [-0.4, -0.2) is 5.11 Å². The Morgan fingerprint density at radius 1 is 1.27 bits per heavy atom. The van der Waals surface area contributed by atoms with Gasteiger partial charge in [0.1, 0.15) is 17.4 Å². The fraction of sp³-hybridized carbons (Fsp3) is 0.333. The Kier molecular flexibility index (Phi) is 2.57. The van der Waals surface area contributed by atoms with Crippen LogP contribution >= 0.6 is 9.24 Å². The van der Waals surface area contributed by atoms with Gasteiger partial charge in [0.15, 0.2) is 0 Å². The van der Waals surface area contributed by atoms with Gasteiger partial charge in [-0.3, -0.25) is 0 Å². The van der Waals surface area contributed by atoms with Crippen LogP contribution in [0.2, 0.25) is 0 Å². The molecule has 15 heavy (non-hydrogen) atoms. The first kappa shape index (κ1) is 10.7. The third-order valence-electron chi connectivity index (χ3n) is 2.67. The van der Waals surface area contributed by atoms with Crippen LogP contribution in [0, 0.1) is 13.8 Å². The van der Waals surface area contributed by atoms with E-state index in [0.717, 1.165) is 21.8 Å². The Morgan fingerprint density at radius 2 is 1.93 bits per heavy atom. The van der Waals surface area contributed by atoms with Crippen molar-refractivity contribution in [2.24, 2.45) is 0 Å². The summed E-state index contributed by atoms with van der Waals surface area (Å²) in [7, 11) is 2.73. The van der Waals surface area contributed by atoms with Gasteiger partial charge in [-0.2, -0.15) is 0 Å². The molecule has 2 aromatic rings. The van der Waals surface area contributed by atoms with Gasteiger partial charge in [0.25, 0.3) is 0 Å². The van der Waals surface area contributed by atoms with E-state index in [1.165, 1.54) is 5.56 Å². The largest absolute Gasteiger partial charge is 0.458 e. The second kappa shape index (κ2) is 3.62. The second-order valence-corrected chi connectivity index (χ2v) is 4.57. The van der Waals surface area contributed by atoms with E-state index in [0.29, 0.717) is 5.76 Å². The maximum Gasteiger partial charge on any atom is 0.137 e. The van der Waals surface area contributed by atoms with Gasteiger partial charge in [-0.05, 0) is 43.3 Å². The molecule has 2 unspecified atom stereocenters. The zero-order chi connectivity index (χ0) is 11.2. The molecule has 80 valence electrons. The van der Waals surface area contributed by atoms with Gasteiger partial charge in [-0.15, -0.1) is 9.24 Å². The first-order chi connectivity index (χ1) is 7.00. The van der Waals surface area contributed by atoms with Gasteiger partial charge >= 0.3 is 0 Å². The standard InChI is InChI=1S/C12H15O2P/c1-6-4-7(2)12(15)9-5-10(8(3)13)14-11(6)9/h4-5,8,13H,15H2,1-3H3. The molecule has 0 bridgehead atoms. The smallest absolute Gasteiger partial charge is 0.137 e. The molecule has 0 saturated heterocycles. The fourth-order valence-corrected chi connectivity index (χ4v) is 2.09. The minimum absolute atomic E-state index is 0.554. The van der Waals surface area contributed by atoms with Crippen LogP contribution in [0.25, 0.3) is 11.0 Å². The lowest BCUT2D eigenvalue weighted by molar-refractivity contribution is 0.172. The summed E-state index contributed by atoms with van der Waals surface area (Å²) in [5.74, 6) is 0.627. The number of hydrogen-bond acceptors (Lipinski definition) is 2. The minimum atomic E-state index is -0.554. The average molecular weight is 222 g/mol. The molecule has 3 heteroatoms. The second-order valence-electron chi connectivity index (χ2n) is 3.99. The molecule has 1 heterocycles. The lowest BCUT2D eigenvalue weighted by atomic mass is 10.1. The summed E-state index contributed by atoms with van der Waals surface area (Å²) in [6.45, 7) is 5.81. The van der Waals surface area contributed by atoms with Crippen LogP contribution in [-0.2, 0) is 0 Å². The normalized spacial score (nSPS) is 13.4. The molecular weight excluding hydrogens is 207 g/mol. The first-order valence-corrected chi connectivity index (χ1v) is 5.55. The summed E-state index contributed by atoms with van der Waals surface area (Å²) in [5.41, 5.74) is 3.21. The number of aliphatic hydroxyl groups is 1. The quantitative estimate of drug-likeness (QED) is 0.752. The van der Waals surface area contributed by atoms with Gasteiger partial charge in [0.2, 0.25) is 0 Å². The van der Waals surface area contributed by atoms with Crippen molar-refractivity contribution >= 4 is 25.5 Å². The number of fused-ring (bicyclic) bond motifs is 1. The molecule has 2 nitrogen and oxygen atoms in total. The number of rotatable bonds is 1. The Bertz CT molecular complexity index is 512. The molecule has 1 aromatic carbocycles. The number of hydrogen-bond donors (Lipinski definition) is 1. The Hall–Kier alpha value is -0.850. The zero-order valence-electron chi connectivity index (χ0n) is 9.16. The van der Waals surface area contributed by atoms with Gasteiger partial charge in [-0.25, -0.2) is 0 Å². The summed E-state index contributed by atoms with van der Waals surface area (Å²) in [6, 6.07) is 4.02. The molecule has 0 aliphatic carbocycles. The van der Waals surface area contributed by atoms with Crippen molar-refractivity contribution in [2.75, 3.05) is 0 Å². The van der Waals surface area contributed by atoms with Gasteiger partial charge in [0, 0.05) is 5.39 Å². The first-order valence-electron chi connectivity index (χ1n) is 4.98. The van der Waals surface area contributed by atoms with E-state index in [1.54, 1.807) is 6.92 Å². The van der Waals surface area contributed by atoms with E-state index < -0.39 is 6.10 Å². The maximum atomic E-state index is 9.48.